The molecule has 4 aromatic rings. The first-order valence-corrected chi connectivity index (χ1v) is 8.29. The monoisotopic (exact) mass is 378 g/mol. The van der Waals surface area contributed by atoms with Gasteiger partial charge < -0.3 is 10.2 Å². The molecule has 0 amide bonds. The van der Waals surface area contributed by atoms with Crippen molar-refractivity contribution in [3.05, 3.63) is 83.4 Å². The summed E-state index contributed by atoms with van der Waals surface area (Å²) in [5.41, 5.74) is -2.17. The Balaban J connectivity index is 2.23. The number of aromatic carboxylic acids is 2. The van der Waals surface area contributed by atoms with Gasteiger partial charge in [0.25, 0.3) is 0 Å². The molecule has 6 heteroatoms. The molecular weight excluding hydrogens is 366 g/mol. The van der Waals surface area contributed by atoms with Crippen LogP contribution in [-0.2, 0) is 0 Å². The first-order chi connectivity index (χ1) is 13.4. The summed E-state index contributed by atoms with van der Waals surface area (Å²) in [5.74, 6) is -4.92. The zero-order valence-electron chi connectivity index (χ0n) is 14.2. The van der Waals surface area contributed by atoms with Crippen LogP contribution in [0.5, 0.6) is 0 Å². The molecule has 0 aliphatic heterocycles. The third-order valence-corrected chi connectivity index (χ3v) is 4.68. The highest BCUT2D eigenvalue weighted by atomic mass is 19.1. The number of carboxylic acids is 2. The Bertz CT molecular complexity index is 1190. The number of carbonyl (C=O) groups is 2. The highest BCUT2D eigenvalue weighted by Crippen LogP contribution is 2.39. The highest BCUT2D eigenvalue weighted by Gasteiger charge is 2.27. The highest BCUT2D eigenvalue weighted by molar-refractivity contribution is 6.09. The molecule has 4 nitrogen and oxygen atoms in total. The molecule has 2 N–H and O–H groups in total. The molecular formula is C22H12F2O4. The number of rotatable bonds is 3. The summed E-state index contributed by atoms with van der Waals surface area (Å²) in [5, 5.41) is 20.0. The topological polar surface area (TPSA) is 74.6 Å². The molecule has 4 aromatic carbocycles. The Labute approximate surface area is 157 Å². The standard InChI is InChI=1S/C22H12F2O4/c23-19-13-7-3-1-5-11(13)9-15(21(25)26)17(19)18-16(22(27)28)10-12-6-2-4-8-14(12)20(18)24/h1-10H,(H,25,26)(H,27,28). The average molecular weight is 378 g/mol. The van der Waals surface area contributed by atoms with Gasteiger partial charge in [0, 0.05) is 21.9 Å². The third kappa shape index (κ3) is 2.58. The van der Waals surface area contributed by atoms with E-state index in [2.05, 4.69) is 0 Å². The van der Waals surface area contributed by atoms with Gasteiger partial charge in [-0.15, -0.1) is 0 Å². The third-order valence-electron chi connectivity index (χ3n) is 4.68. The largest absolute Gasteiger partial charge is 0.478 e. The second kappa shape index (κ2) is 6.42. The van der Waals surface area contributed by atoms with Crippen molar-refractivity contribution in [3.8, 4) is 11.1 Å². The predicted molar refractivity (Wildman–Crippen MR) is 101 cm³/mol. The van der Waals surface area contributed by atoms with E-state index in [0.717, 1.165) is 0 Å². The molecule has 0 atom stereocenters. The summed E-state index contributed by atoms with van der Waals surface area (Å²) in [6.07, 6.45) is 0. The molecule has 0 heterocycles. The van der Waals surface area contributed by atoms with Crippen LogP contribution < -0.4 is 0 Å². The van der Waals surface area contributed by atoms with Crippen molar-refractivity contribution in [2.75, 3.05) is 0 Å². The van der Waals surface area contributed by atoms with Crippen LogP contribution >= 0.6 is 0 Å². The Hall–Kier alpha value is -3.80. The average Bonchev–Trinajstić information content (AvgIpc) is 2.68. The minimum atomic E-state index is -1.48. The van der Waals surface area contributed by atoms with Gasteiger partial charge in [0.15, 0.2) is 0 Å². The van der Waals surface area contributed by atoms with Crippen molar-refractivity contribution < 1.29 is 28.6 Å². The van der Waals surface area contributed by atoms with Crippen LogP contribution in [0.15, 0.2) is 60.7 Å². The van der Waals surface area contributed by atoms with Crippen molar-refractivity contribution in [2.45, 2.75) is 0 Å². The van der Waals surface area contributed by atoms with Gasteiger partial charge in [0.2, 0.25) is 0 Å². The van der Waals surface area contributed by atoms with E-state index in [1.54, 1.807) is 24.3 Å². The lowest BCUT2D eigenvalue weighted by Gasteiger charge is -2.16. The fraction of sp³-hybridized carbons (Fsp3) is 0. The first-order valence-electron chi connectivity index (χ1n) is 8.29. The maximum absolute atomic E-state index is 15.4. The SMILES string of the molecule is O=C(O)c1cc2ccccc2c(F)c1-c1c(C(=O)O)cc2ccccc2c1F. The number of fused-ring (bicyclic) bond motifs is 2. The number of hydrogen-bond donors (Lipinski definition) is 2. The lowest BCUT2D eigenvalue weighted by atomic mass is 9.89. The molecule has 0 spiro atoms. The van der Waals surface area contributed by atoms with Crippen LogP contribution in [0.2, 0.25) is 0 Å². The Kier molecular flexibility index (Phi) is 4.04. The van der Waals surface area contributed by atoms with Crippen molar-refractivity contribution in [2.24, 2.45) is 0 Å². The van der Waals surface area contributed by atoms with E-state index in [0.29, 0.717) is 10.8 Å². The normalized spacial score (nSPS) is 11.1. The lowest BCUT2D eigenvalue weighted by molar-refractivity contribution is 0.0684. The summed E-state index contributed by atoms with van der Waals surface area (Å²) in [6, 6.07) is 14.7. The van der Waals surface area contributed by atoms with Crippen LogP contribution in [0.25, 0.3) is 32.7 Å². The summed E-state index contributed by atoms with van der Waals surface area (Å²) < 4.78 is 30.8. The summed E-state index contributed by atoms with van der Waals surface area (Å²) >= 11 is 0. The van der Waals surface area contributed by atoms with Gasteiger partial charge >= 0.3 is 11.9 Å². The molecule has 0 aliphatic carbocycles. The van der Waals surface area contributed by atoms with E-state index in [4.69, 9.17) is 0 Å². The van der Waals surface area contributed by atoms with Crippen LogP contribution in [-0.4, -0.2) is 22.2 Å². The maximum atomic E-state index is 15.4. The molecule has 0 unspecified atom stereocenters. The van der Waals surface area contributed by atoms with Gasteiger partial charge in [-0.2, -0.15) is 0 Å². The summed E-state index contributed by atoms with van der Waals surface area (Å²) in [6.45, 7) is 0. The molecule has 0 aliphatic rings. The Morgan fingerprint density at radius 2 is 1.00 bits per heavy atom. The van der Waals surface area contributed by atoms with Gasteiger partial charge in [0.1, 0.15) is 11.6 Å². The quantitative estimate of drug-likeness (QED) is 0.505. The van der Waals surface area contributed by atoms with Crippen LogP contribution in [0.4, 0.5) is 8.78 Å². The molecule has 0 fully saturated rings. The zero-order valence-corrected chi connectivity index (χ0v) is 14.2. The van der Waals surface area contributed by atoms with Gasteiger partial charge in [-0.3, -0.25) is 0 Å². The fourth-order valence-corrected chi connectivity index (χ4v) is 3.43. The van der Waals surface area contributed by atoms with Crippen LogP contribution in [0.1, 0.15) is 20.7 Å². The summed E-state index contributed by atoms with van der Waals surface area (Å²) in [7, 11) is 0. The van der Waals surface area contributed by atoms with E-state index in [-0.39, 0.29) is 10.8 Å². The predicted octanol–water partition coefficient (Wildman–Crippen LogP) is 5.33. The fourth-order valence-electron chi connectivity index (χ4n) is 3.43. The number of carboxylic acid groups (broad SMARTS) is 2. The second-order valence-electron chi connectivity index (χ2n) is 6.28. The van der Waals surface area contributed by atoms with Crippen LogP contribution in [0, 0.1) is 11.6 Å². The van der Waals surface area contributed by atoms with E-state index < -0.39 is 45.8 Å². The molecule has 0 aromatic heterocycles. The molecule has 4 rings (SSSR count). The van der Waals surface area contributed by atoms with Crippen molar-refractivity contribution in [1.82, 2.24) is 0 Å². The minimum Gasteiger partial charge on any atom is -0.478 e. The zero-order chi connectivity index (χ0) is 20.0. The smallest absolute Gasteiger partial charge is 0.336 e. The molecule has 28 heavy (non-hydrogen) atoms. The van der Waals surface area contributed by atoms with Crippen LogP contribution in [0.3, 0.4) is 0 Å². The van der Waals surface area contributed by atoms with E-state index in [1.807, 2.05) is 0 Å². The lowest BCUT2D eigenvalue weighted by Crippen LogP contribution is -2.09. The molecule has 0 radical (unpaired) electrons. The second-order valence-corrected chi connectivity index (χ2v) is 6.28. The van der Waals surface area contributed by atoms with Gasteiger partial charge in [-0.1, -0.05) is 48.5 Å². The van der Waals surface area contributed by atoms with E-state index >= 15 is 8.78 Å². The van der Waals surface area contributed by atoms with E-state index in [9.17, 15) is 19.8 Å². The molecule has 138 valence electrons. The molecule has 0 bridgehead atoms. The molecule has 0 saturated heterocycles. The number of benzene rings is 4. The Morgan fingerprint density at radius 3 is 1.36 bits per heavy atom. The number of hydrogen-bond acceptors (Lipinski definition) is 2. The Morgan fingerprint density at radius 1 is 0.643 bits per heavy atom. The van der Waals surface area contributed by atoms with Gasteiger partial charge in [-0.25, -0.2) is 18.4 Å². The van der Waals surface area contributed by atoms with Crippen molar-refractivity contribution in [3.63, 3.8) is 0 Å². The van der Waals surface area contributed by atoms with E-state index in [1.165, 1.54) is 36.4 Å². The molecule has 0 saturated carbocycles. The maximum Gasteiger partial charge on any atom is 0.336 e. The van der Waals surface area contributed by atoms with Gasteiger partial charge in [0.05, 0.1) is 11.1 Å². The van der Waals surface area contributed by atoms with Gasteiger partial charge in [-0.05, 0) is 22.9 Å². The first kappa shape index (κ1) is 17.6. The summed E-state index contributed by atoms with van der Waals surface area (Å²) in [4.78, 5) is 23.6. The van der Waals surface area contributed by atoms with Crippen molar-refractivity contribution in [1.29, 1.82) is 0 Å². The number of halogens is 2. The van der Waals surface area contributed by atoms with Crippen molar-refractivity contribution >= 4 is 33.5 Å². The minimum absolute atomic E-state index is 0.0754.